The van der Waals surface area contributed by atoms with Crippen LogP contribution in [-0.2, 0) is 9.59 Å². The minimum Gasteiger partial charge on any atom is -0.369 e. The van der Waals surface area contributed by atoms with Crippen LogP contribution in [0.2, 0.25) is 0 Å². The van der Waals surface area contributed by atoms with Crippen LogP contribution < -0.4 is 22.1 Å². The third kappa shape index (κ3) is 5.46. The van der Waals surface area contributed by atoms with E-state index in [2.05, 4.69) is 10.6 Å². The Balaban J connectivity index is 0.000000180. The molecule has 2 rings (SSSR count). The second kappa shape index (κ2) is 8.05. The summed E-state index contributed by atoms with van der Waals surface area (Å²) in [5.41, 5.74) is 10.2. The molecule has 104 valence electrons. The summed E-state index contributed by atoms with van der Waals surface area (Å²) in [7, 11) is 0. The van der Waals surface area contributed by atoms with Gasteiger partial charge in [-0.05, 0) is 38.8 Å². The number of hydrogen-bond acceptors (Lipinski definition) is 4. The molecule has 2 heterocycles. The van der Waals surface area contributed by atoms with Crippen LogP contribution in [0.1, 0.15) is 25.7 Å². The minimum atomic E-state index is -0.165. The second-order valence-electron chi connectivity index (χ2n) is 4.89. The maximum absolute atomic E-state index is 10.5. The summed E-state index contributed by atoms with van der Waals surface area (Å²) in [6.45, 7) is 3.61. The number of nitrogens with one attached hydrogen (secondary N) is 2. The molecule has 0 bridgehead atoms. The lowest BCUT2D eigenvalue weighted by Gasteiger charge is -2.18. The average molecular weight is 256 g/mol. The van der Waals surface area contributed by atoms with Crippen molar-refractivity contribution in [1.82, 2.24) is 10.6 Å². The van der Waals surface area contributed by atoms with Crippen LogP contribution in [0.5, 0.6) is 0 Å². The van der Waals surface area contributed by atoms with E-state index in [-0.39, 0.29) is 23.7 Å². The summed E-state index contributed by atoms with van der Waals surface area (Å²) >= 11 is 0. The predicted octanol–water partition coefficient (Wildman–Crippen LogP) is -1.06. The van der Waals surface area contributed by atoms with Gasteiger partial charge < -0.3 is 22.1 Å². The number of amides is 2. The number of piperidine rings is 2. The van der Waals surface area contributed by atoms with E-state index in [1.54, 1.807) is 0 Å². The summed E-state index contributed by atoms with van der Waals surface area (Å²) in [5.74, 6) is -0.165. The molecular weight excluding hydrogens is 232 g/mol. The van der Waals surface area contributed by atoms with Gasteiger partial charge in [0, 0.05) is 13.1 Å². The Morgan fingerprint density at radius 2 is 1.22 bits per heavy atom. The van der Waals surface area contributed by atoms with Crippen molar-refractivity contribution in [3.05, 3.63) is 0 Å². The highest BCUT2D eigenvalue weighted by molar-refractivity contribution is 5.77. The first kappa shape index (κ1) is 14.9. The molecular formula is C12H24N4O2. The van der Waals surface area contributed by atoms with Crippen LogP contribution in [0.15, 0.2) is 0 Å². The lowest BCUT2D eigenvalue weighted by Crippen LogP contribution is -2.37. The van der Waals surface area contributed by atoms with Gasteiger partial charge in [0.15, 0.2) is 0 Å². The molecule has 0 spiro atoms. The van der Waals surface area contributed by atoms with Gasteiger partial charge in [0.25, 0.3) is 0 Å². The largest absolute Gasteiger partial charge is 0.369 e. The molecule has 2 saturated heterocycles. The van der Waals surface area contributed by atoms with Gasteiger partial charge >= 0.3 is 0 Å². The molecule has 2 unspecified atom stereocenters. The zero-order valence-corrected chi connectivity index (χ0v) is 10.8. The van der Waals surface area contributed by atoms with Gasteiger partial charge in [0.2, 0.25) is 11.8 Å². The molecule has 2 atom stereocenters. The van der Waals surface area contributed by atoms with E-state index in [0.29, 0.717) is 0 Å². The maximum Gasteiger partial charge on any atom is 0.221 e. The molecule has 0 radical (unpaired) electrons. The number of carbonyl (C=O) groups excluding carboxylic acids is 2. The predicted molar refractivity (Wildman–Crippen MR) is 69.6 cm³/mol. The number of primary amides is 2. The van der Waals surface area contributed by atoms with Crippen molar-refractivity contribution in [3.8, 4) is 0 Å². The van der Waals surface area contributed by atoms with E-state index in [0.717, 1.165) is 51.9 Å². The molecule has 0 aromatic rings. The second-order valence-corrected chi connectivity index (χ2v) is 4.89. The van der Waals surface area contributed by atoms with Crippen LogP contribution in [0.4, 0.5) is 0 Å². The van der Waals surface area contributed by atoms with Crippen molar-refractivity contribution in [2.45, 2.75) is 25.7 Å². The molecule has 18 heavy (non-hydrogen) atoms. The van der Waals surface area contributed by atoms with Crippen molar-refractivity contribution in [3.63, 3.8) is 0 Å². The summed E-state index contributed by atoms with van der Waals surface area (Å²) < 4.78 is 0. The van der Waals surface area contributed by atoms with Gasteiger partial charge in [-0.1, -0.05) is 0 Å². The standard InChI is InChI=1S/2C6H12N2O/c2*7-6(9)5-2-1-3-8-4-5/h2*5,8H,1-4H2,(H2,7,9). The topological polar surface area (TPSA) is 110 Å². The lowest BCUT2D eigenvalue weighted by atomic mass is 9.99. The van der Waals surface area contributed by atoms with Crippen LogP contribution in [0, 0.1) is 11.8 Å². The fourth-order valence-electron chi connectivity index (χ4n) is 2.19. The van der Waals surface area contributed by atoms with Crippen molar-refractivity contribution in [1.29, 1.82) is 0 Å². The maximum atomic E-state index is 10.5. The van der Waals surface area contributed by atoms with E-state index in [4.69, 9.17) is 11.5 Å². The quantitative estimate of drug-likeness (QED) is 0.505. The highest BCUT2D eigenvalue weighted by Crippen LogP contribution is 2.08. The highest BCUT2D eigenvalue weighted by Gasteiger charge is 2.17. The van der Waals surface area contributed by atoms with Gasteiger partial charge in [-0.25, -0.2) is 0 Å². The molecule has 0 aliphatic carbocycles. The van der Waals surface area contributed by atoms with Crippen LogP contribution in [0.3, 0.4) is 0 Å². The molecule has 6 heteroatoms. The van der Waals surface area contributed by atoms with Gasteiger partial charge in [0.05, 0.1) is 11.8 Å². The first-order valence-corrected chi connectivity index (χ1v) is 6.61. The summed E-state index contributed by atoms with van der Waals surface area (Å²) in [5, 5.41) is 6.23. The smallest absolute Gasteiger partial charge is 0.221 e. The first-order valence-electron chi connectivity index (χ1n) is 6.61. The van der Waals surface area contributed by atoms with Crippen LogP contribution >= 0.6 is 0 Å². The third-order valence-electron chi connectivity index (χ3n) is 3.40. The van der Waals surface area contributed by atoms with Crippen molar-refractivity contribution >= 4 is 11.8 Å². The van der Waals surface area contributed by atoms with Crippen molar-refractivity contribution in [2.75, 3.05) is 26.2 Å². The molecule has 2 fully saturated rings. The monoisotopic (exact) mass is 256 g/mol. The van der Waals surface area contributed by atoms with Crippen molar-refractivity contribution < 1.29 is 9.59 Å². The van der Waals surface area contributed by atoms with E-state index < -0.39 is 0 Å². The zero-order valence-electron chi connectivity index (χ0n) is 10.8. The molecule has 2 aliphatic heterocycles. The van der Waals surface area contributed by atoms with E-state index >= 15 is 0 Å². The number of rotatable bonds is 2. The van der Waals surface area contributed by atoms with Gasteiger partial charge in [-0.3, -0.25) is 9.59 Å². The molecule has 2 amide bonds. The number of hydrogen-bond donors (Lipinski definition) is 4. The van der Waals surface area contributed by atoms with E-state index in [1.165, 1.54) is 0 Å². The molecule has 6 nitrogen and oxygen atoms in total. The number of nitrogens with two attached hydrogens (primary N) is 2. The lowest BCUT2D eigenvalue weighted by molar-refractivity contribution is -0.123. The van der Waals surface area contributed by atoms with Crippen LogP contribution in [-0.4, -0.2) is 38.0 Å². The molecule has 0 aromatic carbocycles. The number of carbonyl (C=O) groups is 2. The Bertz CT molecular complexity index is 243. The van der Waals surface area contributed by atoms with Gasteiger partial charge in [0.1, 0.15) is 0 Å². The molecule has 0 aromatic heterocycles. The Kier molecular flexibility index (Phi) is 6.67. The Hall–Kier alpha value is -1.14. The normalized spacial score (nSPS) is 27.8. The fraction of sp³-hybridized carbons (Fsp3) is 0.833. The third-order valence-corrected chi connectivity index (χ3v) is 3.40. The van der Waals surface area contributed by atoms with Crippen molar-refractivity contribution in [2.24, 2.45) is 23.3 Å². The zero-order chi connectivity index (χ0) is 13.4. The fourth-order valence-corrected chi connectivity index (χ4v) is 2.19. The summed E-state index contributed by atoms with van der Waals surface area (Å²) in [6, 6.07) is 0. The molecule has 0 saturated carbocycles. The average Bonchev–Trinajstić information content (AvgIpc) is 2.41. The molecule has 2 aliphatic rings. The summed E-state index contributed by atoms with van der Waals surface area (Å²) in [4.78, 5) is 21.1. The SMILES string of the molecule is NC(=O)C1CCCNC1.NC(=O)C1CCCNC1. The van der Waals surface area contributed by atoms with Crippen LogP contribution in [0.25, 0.3) is 0 Å². The molecule has 6 N–H and O–H groups in total. The Morgan fingerprint density at radius 3 is 1.39 bits per heavy atom. The van der Waals surface area contributed by atoms with Gasteiger partial charge in [-0.15, -0.1) is 0 Å². The van der Waals surface area contributed by atoms with Gasteiger partial charge in [-0.2, -0.15) is 0 Å². The Morgan fingerprint density at radius 1 is 0.833 bits per heavy atom. The summed E-state index contributed by atoms with van der Waals surface area (Å²) in [6.07, 6.45) is 4.08. The highest BCUT2D eigenvalue weighted by atomic mass is 16.1. The minimum absolute atomic E-state index is 0.0822. The van der Waals surface area contributed by atoms with E-state index in [1.807, 2.05) is 0 Å². The first-order chi connectivity index (χ1) is 8.61. The van der Waals surface area contributed by atoms with E-state index in [9.17, 15) is 9.59 Å². The Labute approximate surface area is 108 Å².